The molecule has 0 spiro atoms. The van der Waals surface area contributed by atoms with Crippen LogP contribution in [0.25, 0.3) is 0 Å². The first-order valence-corrected chi connectivity index (χ1v) is 46.7. The molecule has 120 heavy (non-hydrogen) atoms. The van der Waals surface area contributed by atoms with Gasteiger partial charge in [-0.15, -0.1) is 23.1 Å². The van der Waals surface area contributed by atoms with Gasteiger partial charge in [0.25, 0.3) is 0 Å². The van der Waals surface area contributed by atoms with Crippen molar-refractivity contribution >= 4 is 94.1 Å². The molecule has 3 aromatic rings. The number of aromatic nitrogens is 1. The molecular weight excluding hydrogens is 1560 g/mol. The van der Waals surface area contributed by atoms with E-state index in [-0.39, 0.29) is 103 Å². The maximum atomic E-state index is 15.0. The Labute approximate surface area is 724 Å². The molecule has 28 heteroatoms. The van der Waals surface area contributed by atoms with Gasteiger partial charge in [0, 0.05) is 82.8 Å². The summed E-state index contributed by atoms with van der Waals surface area (Å²) in [4.78, 5) is 164. The first-order chi connectivity index (χ1) is 57.3. The van der Waals surface area contributed by atoms with Crippen LogP contribution in [0.3, 0.4) is 0 Å². The molecule has 26 nitrogen and oxygen atoms in total. The van der Waals surface area contributed by atoms with Crippen LogP contribution in [-0.2, 0) is 70.4 Å². The number of nitrogens with one attached hydrogen (secondary N) is 6. The number of methoxy groups -OCH3 is 2. The van der Waals surface area contributed by atoms with Gasteiger partial charge in [-0.3, -0.25) is 53.0 Å². The average Bonchev–Trinajstić information content (AvgIpc) is 1.61. The molecule has 3 aliphatic rings. The Hall–Kier alpha value is -7.69. The molecule has 2 saturated heterocycles. The minimum Gasteiger partial charge on any atom is -0.445 e. The molecule has 2 aromatic carbocycles. The lowest BCUT2D eigenvalue weighted by Gasteiger charge is -2.41. The van der Waals surface area contributed by atoms with E-state index in [1.165, 1.54) is 79.4 Å². The standard InChI is InChI=1S/C92H148N12O14S2/c1-18-23-30-48-92(22-5,68-39-27-24-25-28-40-68)120-74-57-77(107)104(88(74)112)51-31-26-29-43-75(105)99-78(59(6)7)85(110)97-70(41-33-49-95-90(93)114)84(109)96-69-46-44-64(45-47-69)58-118-91(115)102(15)80(61(10)11)86(111)100-79(60(8)9)89(113)101(14)81(62(12)21-4)73(116-16)56-76(106)103-52-34-42-72(103)82(117-17)63(13)83(108)98-71(87-94-50-53-119-87)55-65-37-32-38-67(54-65)66(35-19-2)36-20-3/h32,37-38,44-47,50,53-54,59-63,66,68,70-74,78-82H,18-31,33-36,39-43,48-49,51-52,55-58H2,1-17H3,(H,96,109)(H,97,110)(H,98,108)(H,99,105)(H,100,111)(H3,93,95,114)/t62-,63+,70-,71-,72-,73+,74?,78-,79-,80-,81-,82+,92?/m0/s1. The Kier molecular flexibility index (Phi) is 43.3. The summed E-state index contributed by atoms with van der Waals surface area (Å²) in [6, 6.07) is 8.73. The van der Waals surface area contributed by atoms with Crippen molar-refractivity contribution < 1.29 is 67.0 Å². The second-order valence-electron chi connectivity index (χ2n) is 34.9. The lowest BCUT2D eigenvalue weighted by molar-refractivity contribution is -0.148. The zero-order chi connectivity index (χ0) is 88.3. The van der Waals surface area contributed by atoms with E-state index in [9.17, 15) is 47.9 Å². The summed E-state index contributed by atoms with van der Waals surface area (Å²) in [6.45, 7) is 26.2. The number of ether oxygens (including phenoxy) is 3. The summed E-state index contributed by atoms with van der Waals surface area (Å²) in [6.07, 6.45) is 21.3. The molecule has 0 bridgehead atoms. The smallest absolute Gasteiger partial charge is 0.410 e. The normalized spacial score (nSPS) is 18.3. The Morgan fingerprint density at radius 2 is 1.39 bits per heavy atom. The lowest BCUT2D eigenvalue weighted by Crippen LogP contribution is -2.60. The number of imide groups is 1. The predicted molar refractivity (Wildman–Crippen MR) is 475 cm³/mol. The highest BCUT2D eigenvalue weighted by molar-refractivity contribution is 8.02. The van der Waals surface area contributed by atoms with E-state index in [1.54, 1.807) is 93.9 Å². The number of hydrogen-bond acceptors (Lipinski definition) is 17. The summed E-state index contributed by atoms with van der Waals surface area (Å²) in [5.74, 6) is -4.22. The SMILES string of the molecule is CCCCCC(CC)(SC1CC(=O)N(CCCCCC(=O)N[C@H](C(=O)N[C@@H](CCCNC(N)=O)C(=O)Nc2ccc(COC(=O)N(C)[C@H](C(=O)N[C@H](C(=O)N(C)[C@@H]([C@@H](C)CC)[C@@H](CC(=O)N3CCC[C@H]3[C@H](OC)[C@@H](C)C(=O)N[C@@H](Cc3cccc(C(CCC)CCC)c3)c3nccs3)OC)C(C)C)C(C)C)cc2)C(C)C)C1=O)C1CCCCCC1. The third-order valence-corrected chi connectivity index (χ3v) is 27.9. The van der Waals surface area contributed by atoms with Crippen LogP contribution >= 0.6 is 23.1 Å². The number of carbonyl (C=O) groups is 11. The number of urea groups is 1. The van der Waals surface area contributed by atoms with Crippen LogP contribution in [0.2, 0.25) is 0 Å². The molecule has 2 unspecified atom stereocenters. The minimum atomic E-state index is -1.12. The quantitative estimate of drug-likeness (QED) is 0.0157. The van der Waals surface area contributed by atoms with Crippen molar-refractivity contribution in [2.24, 2.45) is 41.2 Å². The molecule has 1 saturated carbocycles. The number of primary amides is 1. The number of rotatable bonds is 52. The number of thioether (sulfide) groups is 1. The number of nitrogens with zero attached hydrogens (tertiary/aromatic N) is 5. The molecule has 8 N–H and O–H groups in total. The van der Waals surface area contributed by atoms with E-state index in [1.807, 2.05) is 40.0 Å². The van der Waals surface area contributed by atoms with Gasteiger partial charge >= 0.3 is 12.1 Å². The number of amides is 12. The minimum absolute atomic E-state index is 0.0215. The zero-order valence-corrected chi connectivity index (χ0v) is 77.0. The fourth-order valence-corrected chi connectivity index (χ4v) is 20.6. The molecule has 3 heterocycles. The molecule has 12 amide bonds. The van der Waals surface area contributed by atoms with E-state index in [4.69, 9.17) is 19.9 Å². The van der Waals surface area contributed by atoms with Gasteiger partial charge < -0.3 is 61.6 Å². The van der Waals surface area contributed by atoms with Gasteiger partial charge in [-0.05, 0) is 148 Å². The molecule has 13 atom stereocenters. The number of unbranched alkanes of at least 4 members (excludes halogenated alkanes) is 4. The third-order valence-electron chi connectivity index (χ3n) is 25.0. The topological polar surface area (TPSA) is 340 Å². The number of benzene rings is 2. The van der Waals surface area contributed by atoms with E-state index in [0.717, 1.165) is 68.4 Å². The van der Waals surface area contributed by atoms with Gasteiger partial charge in [-0.25, -0.2) is 14.6 Å². The van der Waals surface area contributed by atoms with E-state index in [2.05, 4.69) is 88.8 Å². The number of likely N-dealkylation sites (tertiary alicyclic amines) is 2. The number of anilines is 1. The van der Waals surface area contributed by atoms with Crippen molar-refractivity contribution in [1.82, 2.24) is 51.2 Å². The molecule has 6 rings (SSSR count). The van der Waals surface area contributed by atoms with Gasteiger partial charge in [0.1, 0.15) is 35.8 Å². The number of hydrogen-bond donors (Lipinski definition) is 7. The summed E-state index contributed by atoms with van der Waals surface area (Å²) < 4.78 is 18.1. The third kappa shape index (κ3) is 29.8. The number of carbonyl (C=O) groups excluding carboxylic acids is 11. The predicted octanol–water partition coefficient (Wildman–Crippen LogP) is 14.7. The van der Waals surface area contributed by atoms with Gasteiger partial charge in [-0.2, -0.15) is 0 Å². The van der Waals surface area contributed by atoms with Crippen LogP contribution in [-0.4, -0.2) is 196 Å². The van der Waals surface area contributed by atoms with Crippen molar-refractivity contribution in [3.8, 4) is 0 Å². The number of likely N-dealkylation sites (N-methyl/N-ethyl adjacent to an activating group) is 2. The number of thiazole rings is 1. The Morgan fingerprint density at radius 3 is 1.99 bits per heavy atom. The van der Waals surface area contributed by atoms with E-state index < -0.39 is 102 Å². The monoisotopic (exact) mass is 1710 g/mol. The zero-order valence-electron chi connectivity index (χ0n) is 75.4. The van der Waals surface area contributed by atoms with E-state index >= 15 is 4.79 Å². The molecule has 672 valence electrons. The Morgan fingerprint density at radius 1 is 0.700 bits per heavy atom. The fourth-order valence-electron chi connectivity index (χ4n) is 18.0. The fraction of sp³-hybridized carbons (Fsp3) is 0.717. The lowest BCUT2D eigenvalue weighted by atomic mass is 9.80. The highest BCUT2D eigenvalue weighted by Crippen LogP contribution is 2.50. The van der Waals surface area contributed by atoms with Crippen LogP contribution in [0.1, 0.15) is 291 Å². The van der Waals surface area contributed by atoms with Crippen molar-refractivity contribution in [2.45, 2.75) is 340 Å². The maximum Gasteiger partial charge on any atom is 0.410 e. The molecule has 3 fully saturated rings. The van der Waals surface area contributed by atoms with Gasteiger partial charge in [-0.1, -0.05) is 197 Å². The van der Waals surface area contributed by atoms with Crippen molar-refractivity contribution in [3.63, 3.8) is 0 Å². The van der Waals surface area contributed by atoms with Crippen molar-refractivity contribution in [1.29, 1.82) is 0 Å². The van der Waals surface area contributed by atoms with Gasteiger partial charge in [0.2, 0.25) is 53.2 Å². The van der Waals surface area contributed by atoms with Crippen LogP contribution in [0.15, 0.2) is 60.1 Å². The summed E-state index contributed by atoms with van der Waals surface area (Å²) >= 11 is 3.28. The molecule has 1 aliphatic carbocycles. The maximum absolute atomic E-state index is 15.0. The Bertz CT molecular complexity index is 3700. The van der Waals surface area contributed by atoms with Gasteiger partial charge in [0.05, 0.1) is 47.9 Å². The highest BCUT2D eigenvalue weighted by Gasteiger charge is 2.48. The van der Waals surface area contributed by atoms with Crippen LogP contribution < -0.4 is 37.6 Å². The van der Waals surface area contributed by atoms with Gasteiger partial charge in [0.15, 0.2) is 0 Å². The van der Waals surface area contributed by atoms with Crippen molar-refractivity contribution in [3.05, 3.63) is 81.8 Å². The molecular formula is C92H148N12O14S2. The Balaban J connectivity index is 1.02. The largest absolute Gasteiger partial charge is 0.445 e. The van der Waals surface area contributed by atoms with Crippen LogP contribution in [0.4, 0.5) is 15.3 Å². The molecule has 0 radical (unpaired) electrons. The second-order valence-corrected chi connectivity index (χ2v) is 37.4. The molecule has 2 aliphatic heterocycles. The average molecular weight is 1710 g/mol. The van der Waals surface area contributed by atoms with Crippen LogP contribution in [0.5, 0.6) is 0 Å². The summed E-state index contributed by atoms with van der Waals surface area (Å²) in [7, 11) is 6.23. The first-order valence-electron chi connectivity index (χ1n) is 45.0. The second kappa shape index (κ2) is 51.4. The van der Waals surface area contributed by atoms with Crippen LogP contribution in [0, 0.1) is 35.5 Å². The first kappa shape index (κ1) is 101. The van der Waals surface area contributed by atoms with Crippen molar-refractivity contribution in [2.75, 3.05) is 53.3 Å². The summed E-state index contributed by atoms with van der Waals surface area (Å²) in [5.41, 5.74) is 8.64. The molecule has 1 aromatic heterocycles. The number of nitrogens with two attached hydrogens (primary N) is 1. The highest BCUT2D eigenvalue weighted by atomic mass is 32.2. The summed E-state index contributed by atoms with van der Waals surface area (Å²) in [5, 5.41) is 19.7. The van der Waals surface area contributed by atoms with E-state index in [0.29, 0.717) is 81.1 Å².